The lowest BCUT2D eigenvalue weighted by Gasteiger charge is -2.11. The van der Waals surface area contributed by atoms with Crippen LogP contribution >= 0.6 is 11.3 Å². The maximum atomic E-state index is 13.6. The second kappa shape index (κ2) is 8.94. The molecule has 0 aliphatic carbocycles. The van der Waals surface area contributed by atoms with Gasteiger partial charge in [-0.15, -0.1) is 11.3 Å². The van der Waals surface area contributed by atoms with Gasteiger partial charge in [-0.05, 0) is 58.7 Å². The molecule has 1 N–H and O–H groups in total. The van der Waals surface area contributed by atoms with Crippen molar-refractivity contribution in [3.63, 3.8) is 0 Å². The normalized spacial score (nSPS) is 12.3. The Morgan fingerprint density at radius 3 is 2.64 bits per heavy atom. The molecule has 0 saturated carbocycles. The van der Waals surface area contributed by atoms with Gasteiger partial charge in [-0.3, -0.25) is 14.0 Å². The molecule has 172 valence electrons. The highest BCUT2D eigenvalue weighted by Gasteiger charge is 2.20. The van der Waals surface area contributed by atoms with E-state index in [9.17, 15) is 9.59 Å². The van der Waals surface area contributed by atoms with Crippen LogP contribution in [0.15, 0.2) is 34.4 Å². The van der Waals surface area contributed by atoms with Crippen LogP contribution in [0.4, 0.5) is 0 Å². The van der Waals surface area contributed by atoms with E-state index in [4.69, 9.17) is 5.10 Å². The predicted molar refractivity (Wildman–Crippen MR) is 132 cm³/mol. The van der Waals surface area contributed by atoms with Gasteiger partial charge in [0.2, 0.25) is 5.91 Å². The number of thiazole rings is 1. The summed E-state index contributed by atoms with van der Waals surface area (Å²) >= 11 is 1.37. The topological polar surface area (TPSA) is 81.3 Å². The molecule has 3 aromatic heterocycles. The van der Waals surface area contributed by atoms with Crippen LogP contribution in [0.25, 0.3) is 21.9 Å². The van der Waals surface area contributed by atoms with E-state index in [1.165, 1.54) is 16.9 Å². The summed E-state index contributed by atoms with van der Waals surface area (Å²) < 4.78 is 3.42. The number of hydrogen-bond donors (Lipinski definition) is 1. The third kappa shape index (κ3) is 4.35. The lowest BCUT2D eigenvalue weighted by atomic mass is 10.1. The highest BCUT2D eigenvalue weighted by Crippen LogP contribution is 2.25. The molecule has 33 heavy (non-hydrogen) atoms. The SMILES string of the molecule is CC[C@H](C)NC(=O)Cc1csc2nc(C)c(-c3cc(C)n(-c4ccc(C)cc4C)n3)c(=O)n12. The maximum absolute atomic E-state index is 13.6. The largest absolute Gasteiger partial charge is 0.353 e. The molecule has 1 atom stereocenters. The average molecular weight is 464 g/mol. The maximum Gasteiger partial charge on any atom is 0.268 e. The number of aromatic nitrogens is 4. The van der Waals surface area contributed by atoms with Crippen molar-refractivity contribution in [1.29, 1.82) is 0 Å². The highest BCUT2D eigenvalue weighted by atomic mass is 32.1. The Kier molecular flexibility index (Phi) is 6.21. The fourth-order valence-corrected chi connectivity index (χ4v) is 4.93. The summed E-state index contributed by atoms with van der Waals surface area (Å²) in [5, 5.41) is 9.58. The molecule has 0 fully saturated rings. The summed E-state index contributed by atoms with van der Waals surface area (Å²) in [6, 6.07) is 8.22. The number of benzene rings is 1. The van der Waals surface area contributed by atoms with Crippen molar-refractivity contribution >= 4 is 22.2 Å². The van der Waals surface area contributed by atoms with Gasteiger partial charge in [-0.2, -0.15) is 5.10 Å². The predicted octanol–water partition coefficient (Wildman–Crippen LogP) is 4.30. The number of carbonyl (C=O) groups is 1. The number of nitrogens with zero attached hydrogens (tertiary/aromatic N) is 4. The van der Waals surface area contributed by atoms with Gasteiger partial charge in [0, 0.05) is 22.8 Å². The Bertz CT molecular complexity index is 1410. The van der Waals surface area contributed by atoms with Gasteiger partial charge in [0.15, 0.2) is 4.96 Å². The molecule has 0 spiro atoms. The van der Waals surface area contributed by atoms with Gasteiger partial charge in [0.05, 0.1) is 23.4 Å². The van der Waals surface area contributed by atoms with Gasteiger partial charge in [-0.25, -0.2) is 9.67 Å². The van der Waals surface area contributed by atoms with Crippen molar-refractivity contribution in [2.24, 2.45) is 0 Å². The molecule has 1 amide bonds. The van der Waals surface area contributed by atoms with E-state index >= 15 is 0 Å². The molecule has 0 aliphatic rings. The first-order valence-corrected chi connectivity index (χ1v) is 12.0. The molecular weight excluding hydrogens is 434 g/mol. The summed E-state index contributed by atoms with van der Waals surface area (Å²) in [4.78, 5) is 31.3. The highest BCUT2D eigenvalue weighted by molar-refractivity contribution is 7.15. The summed E-state index contributed by atoms with van der Waals surface area (Å²) in [6.45, 7) is 11.9. The molecule has 1 aromatic carbocycles. The first-order valence-electron chi connectivity index (χ1n) is 11.1. The number of amides is 1. The van der Waals surface area contributed by atoms with Crippen molar-refractivity contribution in [1.82, 2.24) is 24.5 Å². The quantitative estimate of drug-likeness (QED) is 0.462. The average Bonchev–Trinajstić information content (AvgIpc) is 3.31. The molecule has 4 aromatic rings. The van der Waals surface area contributed by atoms with Crippen molar-refractivity contribution in [3.05, 3.63) is 68.2 Å². The second-order valence-electron chi connectivity index (χ2n) is 8.65. The Hall–Kier alpha value is -3.26. The molecule has 4 rings (SSSR count). The van der Waals surface area contributed by atoms with Crippen LogP contribution in [0, 0.1) is 27.7 Å². The van der Waals surface area contributed by atoms with Gasteiger partial charge < -0.3 is 5.32 Å². The van der Waals surface area contributed by atoms with E-state index < -0.39 is 0 Å². The summed E-state index contributed by atoms with van der Waals surface area (Å²) in [5.74, 6) is -0.104. The lowest BCUT2D eigenvalue weighted by Crippen LogP contribution is -2.34. The van der Waals surface area contributed by atoms with Crippen molar-refractivity contribution < 1.29 is 4.79 Å². The molecule has 7 nitrogen and oxygen atoms in total. The molecular formula is C25H29N5O2S. The molecule has 8 heteroatoms. The van der Waals surface area contributed by atoms with Crippen molar-refractivity contribution in [2.45, 2.75) is 60.4 Å². The molecule has 0 unspecified atom stereocenters. The standard InChI is InChI=1S/C25H29N5O2S/c1-7-16(4)26-22(31)12-19-13-33-25-27-18(6)23(24(32)29(19)25)20-11-17(5)30(28-20)21-9-8-14(2)10-15(21)3/h8-11,13,16H,7,12H2,1-6H3,(H,26,31)/t16-/m0/s1. The summed E-state index contributed by atoms with van der Waals surface area (Å²) in [5.41, 5.74) is 6.32. The molecule has 0 aliphatic heterocycles. The summed E-state index contributed by atoms with van der Waals surface area (Å²) in [6.07, 6.45) is 0.980. The van der Waals surface area contributed by atoms with Crippen LogP contribution in [-0.2, 0) is 11.2 Å². The number of nitrogens with one attached hydrogen (secondary N) is 1. The Morgan fingerprint density at radius 2 is 1.94 bits per heavy atom. The number of carbonyl (C=O) groups excluding carboxylic acids is 1. The van der Waals surface area contributed by atoms with E-state index in [0.29, 0.717) is 27.6 Å². The zero-order valence-corrected chi connectivity index (χ0v) is 20.7. The summed E-state index contributed by atoms with van der Waals surface area (Å²) in [7, 11) is 0. The number of fused-ring (bicyclic) bond motifs is 1. The first-order chi connectivity index (χ1) is 15.7. The van der Waals surface area contributed by atoms with E-state index in [0.717, 1.165) is 23.4 Å². The fraction of sp³-hybridized carbons (Fsp3) is 0.360. The minimum atomic E-state index is -0.199. The van der Waals surface area contributed by atoms with Crippen LogP contribution in [0.5, 0.6) is 0 Å². The third-order valence-electron chi connectivity index (χ3n) is 5.91. The number of rotatable bonds is 6. The smallest absolute Gasteiger partial charge is 0.268 e. The lowest BCUT2D eigenvalue weighted by molar-refractivity contribution is -0.121. The number of hydrogen-bond acceptors (Lipinski definition) is 5. The Morgan fingerprint density at radius 1 is 1.18 bits per heavy atom. The molecule has 3 heterocycles. The molecule has 0 saturated heterocycles. The van der Waals surface area contributed by atoms with Crippen molar-refractivity contribution in [3.8, 4) is 16.9 Å². The van der Waals surface area contributed by atoms with Crippen LogP contribution in [0.3, 0.4) is 0 Å². The van der Waals surface area contributed by atoms with Crippen LogP contribution < -0.4 is 10.9 Å². The molecule has 0 bridgehead atoms. The minimum absolute atomic E-state index is 0.0900. The van der Waals surface area contributed by atoms with Gasteiger partial charge in [0.25, 0.3) is 5.56 Å². The zero-order valence-electron chi connectivity index (χ0n) is 19.9. The molecule has 0 radical (unpaired) electrons. The van der Waals surface area contributed by atoms with E-state index in [2.05, 4.69) is 36.3 Å². The van der Waals surface area contributed by atoms with Crippen LogP contribution in [0.2, 0.25) is 0 Å². The first kappa shape index (κ1) is 22.9. The van der Waals surface area contributed by atoms with E-state index in [-0.39, 0.29) is 23.9 Å². The van der Waals surface area contributed by atoms with E-state index in [1.807, 2.05) is 49.9 Å². The van der Waals surface area contributed by atoms with E-state index in [1.54, 1.807) is 4.40 Å². The number of aryl methyl sites for hydroxylation is 4. The fourth-order valence-electron chi connectivity index (χ4n) is 4.00. The van der Waals surface area contributed by atoms with Gasteiger partial charge >= 0.3 is 0 Å². The van der Waals surface area contributed by atoms with Crippen LogP contribution in [0.1, 0.15) is 48.5 Å². The Labute approximate surface area is 197 Å². The van der Waals surface area contributed by atoms with Gasteiger partial charge in [0.1, 0.15) is 5.69 Å². The monoisotopic (exact) mass is 463 g/mol. The van der Waals surface area contributed by atoms with Gasteiger partial charge in [-0.1, -0.05) is 24.6 Å². The van der Waals surface area contributed by atoms with Crippen LogP contribution in [-0.4, -0.2) is 31.1 Å². The minimum Gasteiger partial charge on any atom is -0.353 e. The zero-order chi connectivity index (χ0) is 23.9. The Balaban J connectivity index is 1.79. The van der Waals surface area contributed by atoms with Crippen molar-refractivity contribution in [2.75, 3.05) is 0 Å². The second-order valence-corrected chi connectivity index (χ2v) is 9.49. The third-order valence-corrected chi connectivity index (χ3v) is 6.78.